The molecule has 106 valence electrons. The molecule has 2 rings (SSSR count). The van der Waals surface area contributed by atoms with E-state index in [1.807, 2.05) is 0 Å². The zero-order chi connectivity index (χ0) is 14.9. The lowest BCUT2D eigenvalue weighted by molar-refractivity contribution is 0.432. The van der Waals surface area contributed by atoms with Crippen molar-refractivity contribution in [2.24, 2.45) is 0 Å². The highest BCUT2D eigenvalue weighted by Crippen LogP contribution is 2.28. The fourth-order valence-electron chi connectivity index (χ4n) is 1.47. The molecule has 2 N–H and O–H groups in total. The maximum absolute atomic E-state index is 13.2. The molecule has 0 aliphatic heterocycles. The van der Waals surface area contributed by atoms with Crippen LogP contribution in [0.3, 0.4) is 0 Å². The Bertz CT molecular complexity index is 765. The summed E-state index contributed by atoms with van der Waals surface area (Å²) in [5, 5.41) is 9.07. The summed E-state index contributed by atoms with van der Waals surface area (Å²) in [6.45, 7) is 0. The van der Waals surface area contributed by atoms with E-state index in [0.29, 0.717) is 4.47 Å². The molecule has 0 atom stereocenters. The SMILES string of the molecule is O=S(=O)(Nc1ccc(O)c(F)c1)c1ccc(Br)cc1Br. The van der Waals surface area contributed by atoms with Crippen molar-refractivity contribution in [2.45, 2.75) is 4.90 Å². The van der Waals surface area contributed by atoms with E-state index in [0.717, 1.165) is 16.6 Å². The first kappa shape index (κ1) is 15.3. The summed E-state index contributed by atoms with van der Waals surface area (Å²) in [5.74, 6) is -1.45. The second-order valence-corrected chi connectivity index (χ2v) is 7.27. The zero-order valence-corrected chi connectivity index (χ0v) is 13.8. The maximum atomic E-state index is 13.2. The van der Waals surface area contributed by atoms with Crippen LogP contribution >= 0.6 is 31.9 Å². The van der Waals surface area contributed by atoms with Crippen molar-refractivity contribution in [3.63, 3.8) is 0 Å². The normalized spacial score (nSPS) is 11.3. The van der Waals surface area contributed by atoms with Gasteiger partial charge in [0.25, 0.3) is 10.0 Å². The third-order valence-corrected chi connectivity index (χ3v) is 5.23. The fraction of sp³-hybridized carbons (Fsp3) is 0. The van der Waals surface area contributed by atoms with Crippen LogP contribution in [0.25, 0.3) is 0 Å². The molecule has 20 heavy (non-hydrogen) atoms. The van der Waals surface area contributed by atoms with Crippen LogP contribution in [0.4, 0.5) is 10.1 Å². The predicted octanol–water partition coefficient (Wildman–Crippen LogP) is 3.86. The van der Waals surface area contributed by atoms with Crippen molar-refractivity contribution < 1.29 is 17.9 Å². The molecule has 0 aliphatic carbocycles. The molecule has 0 bridgehead atoms. The van der Waals surface area contributed by atoms with E-state index in [1.165, 1.54) is 12.1 Å². The minimum atomic E-state index is -3.86. The average molecular weight is 425 g/mol. The van der Waals surface area contributed by atoms with Gasteiger partial charge in [-0.15, -0.1) is 0 Å². The first-order valence-electron chi connectivity index (χ1n) is 5.26. The second-order valence-electron chi connectivity index (χ2n) is 3.85. The lowest BCUT2D eigenvalue weighted by Crippen LogP contribution is -2.13. The van der Waals surface area contributed by atoms with Gasteiger partial charge in [0.2, 0.25) is 0 Å². The van der Waals surface area contributed by atoms with Crippen LogP contribution in [0, 0.1) is 5.82 Å². The van der Waals surface area contributed by atoms with Crippen LogP contribution in [-0.2, 0) is 10.0 Å². The number of aromatic hydroxyl groups is 1. The Hall–Kier alpha value is -1.12. The molecule has 0 amide bonds. The Kier molecular flexibility index (Phi) is 4.36. The Balaban J connectivity index is 2.38. The molecule has 2 aromatic rings. The van der Waals surface area contributed by atoms with Crippen molar-refractivity contribution in [3.05, 3.63) is 51.2 Å². The van der Waals surface area contributed by atoms with Gasteiger partial charge in [-0.3, -0.25) is 4.72 Å². The molecule has 0 heterocycles. The summed E-state index contributed by atoms with van der Waals surface area (Å²) >= 11 is 6.38. The van der Waals surface area contributed by atoms with Gasteiger partial charge in [0.15, 0.2) is 11.6 Å². The van der Waals surface area contributed by atoms with Crippen LogP contribution < -0.4 is 4.72 Å². The summed E-state index contributed by atoms with van der Waals surface area (Å²) < 4.78 is 40.9. The Morgan fingerprint density at radius 1 is 1.10 bits per heavy atom. The molecule has 0 aromatic heterocycles. The molecule has 8 heteroatoms. The zero-order valence-electron chi connectivity index (χ0n) is 9.77. The minimum absolute atomic E-state index is 0.0224. The van der Waals surface area contributed by atoms with Crippen LogP contribution in [0.1, 0.15) is 0 Å². The number of anilines is 1. The first-order chi connectivity index (χ1) is 9.29. The lowest BCUT2D eigenvalue weighted by Gasteiger charge is -2.10. The Morgan fingerprint density at radius 2 is 1.80 bits per heavy atom. The van der Waals surface area contributed by atoms with Gasteiger partial charge in [-0.2, -0.15) is 0 Å². The van der Waals surface area contributed by atoms with E-state index in [1.54, 1.807) is 12.1 Å². The van der Waals surface area contributed by atoms with Crippen LogP contribution in [0.15, 0.2) is 50.2 Å². The quantitative estimate of drug-likeness (QED) is 0.735. The number of phenolic OH excluding ortho intramolecular Hbond substituents is 1. The molecule has 2 aromatic carbocycles. The van der Waals surface area contributed by atoms with Crippen molar-refractivity contribution in [1.82, 2.24) is 0 Å². The molecule has 4 nitrogen and oxygen atoms in total. The van der Waals surface area contributed by atoms with Crippen molar-refractivity contribution in [3.8, 4) is 5.75 Å². The number of halogens is 3. The van der Waals surface area contributed by atoms with E-state index >= 15 is 0 Å². The largest absolute Gasteiger partial charge is 0.505 e. The van der Waals surface area contributed by atoms with Crippen molar-refractivity contribution in [1.29, 1.82) is 0 Å². The van der Waals surface area contributed by atoms with E-state index < -0.39 is 21.6 Å². The smallest absolute Gasteiger partial charge is 0.263 e. The molecule has 0 radical (unpaired) electrons. The van der Waals surface area contributed by atoms with Gasteiger partial charge in [0, 0.05) is 15.0 Å². The third-order valence-electron chi connectivity index (χ3n) is 2.38. The van der Waals surface area contributed by atoms with Gasteiger partial charge < -0.3 is 5.11 Å². The number of benzene rings is 2. The molecular weight excluding hydrogens is 417 g/mol. The summed E-state index contributed by atoms with van der Waals surface area (Å²) in [6, 6.07) is 7.82. The highest BCUT2D eigenvalue weighted by Gasteiger charge is 2.18. The van der Waals surface area contributed by atoms with E-state index in [-0.39, 0.29) is 10.6 Å². The molecule has 0 fully saturated rings. The standard InChI is InChI=1S/C12H8Br2FNO3S/c13-7-1-4-12(9(14)5-7)20(18,19)16-8-2-3-11(17)10(15)6-8/h1-6,16-17H. The lowest BCUT2D eigenvalue weighted by atomic mass is 10.3. The third kappa shape index (κ3) is 3.31. The van der Waals surface area contributed by atoms with E-state index in [9.17, 15) is 12.8 Å². The molecular formula is C12H8Br2FNO3S. The number of rotatable bonds is 3. The van der Waals surface area contributed by atoms with Crippen molar-refractivity contribution in [2.75, 3.05) is 4.72 Å². The summed E-state index contributed by atoms with van der Waals surface area (Å²) in [7, 11) is -3.86. The fourth-order valence-corrected chi connectivity index (χ4v) is 4.27. The Labute approximate surface area is 131 Å². The number of sulfonamides is 1. The molecule has 0 spiro atoms. The van der Waals surface area contributed by atoms with Gasteiger partial charge in [-0.05, 0) is 46.3 Å². The van der Waals surface area contributed by atoms with Gasteiger partial charge in [0.1, 0.15) is 4.90 Å². The number of hydrogen-bond acceptors (Lipinski definition) is 3. The van der Waals surface area contributed by atoms with Gasteiger partial charge >= 0.3 is 0 Å². The predicted molar refractivity (Wildman–Crippen MR) is 80.7 cm³/mol. The Morgan fingerprint density at radius 3 is 2.40 bits per heavy atom. The average Bonchev–Trinajstić information content (AvgIpc) is 2.33. The summed E-state index contributed by atoms with van der Waals surface area (Å²) in [5.41, 5.74) is 0.0233. The van der Waals surface area contributed by atoms with E-state index in [2.05, 4.69) is 36.6 Å². The topological polar surface area (TPSA) is 66.4 Å². The highest BCUT2D eigenvalue weighted by atomic mass is 79.9. The molecule has 0 saturated carbocycles. The molecule has 0 unspecified atom stereocenters. The van der Waals surface area contributed by atoms with E-state index in [4.69, 9.17) is 5.11 Å². The van der Waals surface area contributed by atoms with Gasteiger partial charge in [-0.25, -0.2) is 12.8 Å². The van der Waals surface area contributed by atoms with Crippen molar-refractivity contribution >= 4 is 47.6 Å². The second kappa shape index (κ2) is 5.71. The van der Waals surface area contributed by atoms with Gasteiger partial charge in [0.05, 0.1) is 5.69 Å². The maximum Gasteiger partial charge on any atom is 0.263 e. The summed E-state index contributed by atoms with van der Waals surface area (Å²) in [4.78, 5) is 0.0224. The highest BCUT2D eigenvalue weighted by molar-refractivity contribution is 9.11. The van der Waals surface area contributed by atoms with Gasteiger partial charge in [-0.1, -0.05) is 15.9 Å². The number of nitrogens with one attached hydrogen (secondary N) is 1. The summed E-state index contributed by atoms with van der Waals surface area (Å²) in [6.07, 6.45) is 0. The number of hydrogen-bond donors (Lipinski definition) is 2. The monoisotopic (exact) mass is 423 g/mol. The van der Waals surface area contributed by atoms with Crippen LogP contribution in [0.2, 0.25) is 0 Å². The molecule has 0 aliphatic rings. The van der Waals surface area contributed by atoms with Crippen LogP contribution in [-0.4, -0.2) is 13.5 Å². The molecule has 0 saturated heterocycles. The first-order valence-corrected chi connectivity index (χ1v) is 8.33. The number of phenols is 1. The minimum Gasteiger partial charge on any atom is -0.505 e. The van der Waals surface area contributed by atoms with Crippen LogP contribution in [0.5, 0.6) is 5.75 Å².